The molecule has 0 radical (unpaired) electrons. The Morgan fingerprint density at radius 2 is 1.00 bits per heavy atom. The van der Waals surface area contributed by atoms with Crippen molar-refractivity contribution >= 4 is 5.91 Å². The molecular formula is C41H81NO8. The van der Waals surface area contributed by atoms with Crippen molar-refractivity contribution in [3.63, 3.8) is 0 Å². The number of hydrogen-bond donors (Lipinski definition) is 6. The Bertz CT molecular complexity index is 756. The van der Waals surface area contributed by atoms with E-state index < -0.39 is 49.5 Å². The Morgan fingerprint density at radius 1 is 0.600 bits per heavy atom. The molecule has 0 bridgehead atoms. The number of nitrogens with one attached hydrogen (secondary N) is 1. The normalized spacial score (nSPS) is 22.1. The molecule has 0 aromatic rings. The van der Waals surface area contributed by atoms with Crippen LogP contribution in [-0.4, -0.2) is 87.5 Å². The van der Waals surface area contributed by atoms with Gasteiger partial charge in [-0.3, -0.25) is 4.79 Å². The first kappa shape index (κ1) is 47.2. The van der Waals surface area contributed by atoms with Gasteiger partial charge in [0.05, 0.1) is 25.4 Å². The van der Waals surface area contributed by atoms with E-state index in [0.29, 0.717) is 12.8 Å². The van der Waals surface area contributed by atoms with Crippen molar-refractivity contribution in [3.05, 3.63) is 0 Å². The Balaban J connectivity index is 2.34. The highest BCUT2D eigenvalue weighted by Crippen LogP contribution is 2.23. The molecule has 50 heavy (non-hydrogen) atoms. The Hall–Kier alpha value is -0.810. The van der Waals surface area contributed by atoms with Gasteiger partial charge in [-0.25, -0.2) is 0 Å². The quantitative estimate of drug-likeness (QED) is 0.0362. The SMILES string of the molecule is CCCCCCCCCCCCCCCCCCC(=O)N[C@@H](CO[C@H]1O[C@@H](CO)[C@H](O)C(O)C1O)[C@H](O)CCCCCCCCCCCCC. The number of carbonyl (C=O) groups is 1. The van der Waals surface area contributed by atoms with Gasteiger partial charge in [0.15, 0.2) is 6.29 Å². The molecule has 0 aliphatic carbocycles. The molecule has 1 heterocycles. The summed E-state index contributed by atoms with van der Waals surface area (Å²) >= 11 is 0. The minimum Gasteiger partial charge on any atom is -0.394 e. The summed E-state index contributed by atoms with van der Waals surface area (Å²) in [6.07, 6.45) is 26.8. The van der Waals surface area contributed by atoms with Gasteiger partial charge in [-0.05, 0) is 12.8 Å². The highest BCUT2D eigenvalue weighted by atomic mass is 16.7. The number of rotatable bonds is 35. The first-order valence-electron chi connectivity index (χ1n) is 21.2. The monoisotopic (exact) mass is 716 g/mol. The smallest absolute Gasteiger partial charge is 0.220 e. The van der Waals surface area contributed by atoms with E-state index in [1.165, 1.54) is 135 Å². The lowest BCUT2D eigenvalue weighted by molar-refractivity contribution is -0.302. The van der Waals surface area contributed by atoms with Crippen LogP contribution in [0, 0.1) is 0 Å². The van der Waals surface area contributed by atoms with E-state index in [-0.39, 0.29) is 12.5 Å². The number of hydrogen-bond acceptors (Lipinski definition) is 8. The van der Waals surface area contributed by atoms with E-state index in [4.69, 9.17) is 9.47 Å². The summed E-state index contributed by atoms with van der Waals surface area (Å²) in [7, 11) is 0. The number of unbranched alkanes of at least 4 members (excludes halogenated alkanes) is 25. The maximum absolute atomic E-state index is 12.9. The highest BCUT2D eigenvalue weighted by molar-refractivity contribution is 5.76. The Morgan fingerprint density at radius 3 is 1.42 bits per heavy atom. The molecule has 0 spiro atoms. The highest BCUT2D eigenvalue weighted by Gasteiger charge is 2.44. The largest absolute Gasteiger partial charge is 0.394 e. The van der Waals surface area contributed by atoms with Crippen molar-refractivity contribution in [1.82, 2.24) is 5.32 Å². The van der Waals surface area contributed by atoms with E-state index >= 15 is 0 Å². The molecule has 6 N–H and O–H groups in total. The molecular weight excluding hydrogens is 634 g/mol. The van der Waals surface area contributed by atoms with Crippen molar-refractivity contribution in [3.8, 4) is 0 Å². The van der Waals surface area contributed by atoms with Crippen LogP contribution in [0.4, 0.5) is 0 Å². The molecule has 1 aliphatic rings. The van der Waals surface area contributed by atoms with E-state index in [2.05, 4.69) is 19.2 Å². The fourth-order valence-corrected chi connectivity index (χ4v) is 6.98. The average Bonchev–Trinajstić information content (AvgIpc) is 3.11. The van der Waals surface area contributed by atoms with Crippen LogP contribution >= 0.6 is 0 Å². The number of amides is 1. The molecule has 2 unspecified atom stereocenters. The van der Waals surface area contributed by atoms with Crippen LogP contribution in [0.2, 0.25) is 0 Å². The molecule has 9 heteroatoms. The fraction of sp³-hybridized carbons (Fsp3) is 0.976. The maximum atomic E-state index is 12.9. The predicted octanol–water partition coefficient (Wildman–Crippen LogP) is 8.00. The summed E-state index contributed by atoms with van der Waals surface area (Å²) in [6, 6.07) is -0.709. The third-order valence-electron chi connectivity index (χ3n) is 10.5. The lowest BCUT2D eigenvalue weighted by atomic mass is 9.99. The van der Waals surface area contributed by atoms with Crippen LogP contribution in [0.15, 0.2) is 0 Å². The minimum absolute atomic E-state index is 0.132. The Kier molecular flexibility index (Phi) is 31.0. The first-order valence-corrected chi connectivity index (χ1v) is 21.2. The van der Waals surface area contributed by atoms with Crippen molar-refractivity contribution < 1.29 is 39.8 Å². The minimum atomic E-state index is -1.55. The summed E-state index contributed by atoms with van der Waals surface area (Å²) in [5.74, 6) is -0.143. The van der Waals surface area contributed by atoms with Crippen molar-refractivity contribution in [2.75, 3.05) is 13.2 Å². The molecule has 1 amide bonds. The van der Waals surface area contributed by atoms with Gasteiger partial charge in [-0.1, -0.05) is 181 Å². The second kappa shape index (κ2) is 32.8. The molecule has 0 aromatic heterocycles. The predicted molar refractivity (Wildman–Crippen MR) is 203 cm³/mol. The van der Waals surface area contributed by atoms with E-state index in [1.54, 1.807) is 0 Å². The number of carbonyl (C=O) groups excluding carboxylic acids is 1. The zero-order valence-corrected chi connectivity index (χ0v) is 32.4. The van der Waals surface area contributed by atoms with E-state index in [0.717, 1.165) is 38.5 Å². The first-order chi connectivity index (χ1) is 24.3. The van der Waals surface area contributed by atoms with Gasteiger partial charge in [0.25, 0.3) is 0 Å². The number of aliphatic hydroxyl groups excluding tert-OH is 5. The van der Waals surface area contributed by atoms with Crippen molar-refractivity contribution in [2.24, 2.45) is 0 Å². The average molecular weight is 716 g/mol. The lowest BCUT2D eigenvalue weighted by Crippen LogP contribution is -2.60. The van der Waals surface area contributed by atoms with Gasteiger partial charge < -0.3 is 40.3 Å². The summed E-state index contributed by atoms with van der Waals surface area (Å²) < 4.78 is 11.2. The molecule has 0 aromatic carbocycles. The topological polar surface area (TPSA) is 149 Å². The van der Waals surface area contributed by atoms with E-state index in [1.807, 2.05) is 0 Å². The van der Waals surface area contributed by atoms with Crippen LogP contribution in [-0.2, 0) is 14.3 Å². The third kappa shape index (κ3) is 23.7. The summed E-state index contributed by atoms with van der Waals surface area (Å²) in [4.78, 5) is 12.9. The second-order valence-electron chi connectivity index (χ2n) is 15.1. The zero-order chi connectivity index (χ0) is 36.7. The van der Waals surface area contributed by atoms with Crippen LogP contribution in [0.3, 0.4) is 0 Å². The number of aliphatic hydroxyl groups is 5. The molecule has 7 atom stereocenters. The third-order valence-corrected chi connectivity index (χ3v) is 10.5. The lowest BCUT2D eigenvalue weighted by Gasteiger charge is -2.40. The maximum Gasteiger partial charge on any atom is 0.220 e. The Labute approximate surface area is 306 Å². The zero-order valence-electron chi connectivity index (χ0n) is 32.4. The van der Waals surface area contributed by atoms with Crippen LogP contribution < -0.4 is 5.32 Å². The molecule has 298 valence electrons. The summed E-state index contributed by atoms with van der Waals surface area (Å²) in [5.41, 5.74) is 0. The van der Waals surface area contributed by atoms with Gasteiger partial charge in [-0.2, -0.15) is 0 Å². The summed E-state index contributed by atoms with van der Waals surface area (Å²) in [6.45, 7) is 3.82. The molecule has 1 rings (SSSR count). The summed E-state index contributed by atoms with van der Waals surface area (Å²) in [5, 5.41) is 54.1. The number of ether oxygens (including phenoxy) is 2. The molecule has 1 aliphatic heterocycles. The van der Waals surface area contributed by atoms with Crippen molar-refractivity contribution in [1.29, 1.82) is 0 Å². The van der Waals surface area contributed by atoms with E-state index in [9.17, 15) is 30.3 Å². The fourth-order valence-electron chi connectivity index (χ4n) is 6.98. The molecule has 1 fully saturated rings. The van der Waals surface area contributed by atoms with Gasteiger partial charge in [0.2, 0.25) is 5.91 Å². The van der Waals surface area contributed by atoms with Crippen molar-refractivity contribution in [2.45, 2.75) is 243 Å². The van der Waals surface area contributed by atoms with Gasteiger partial charge in [0.1, 0.15) is 24.4 Å². The van der Waals surface area contributed by atoms with Crippen LogP contribution in [0.5, 0.6) is 0 Å². The van der Waals surface area contributed by atoms with Gasteiger partial charge in [-0.15, -0.1) is 0 Å². The molecule has 1 saturated heterocycles. The van der Waals surface area contributed by atoms with Gasteiger partial charge >= 0.3 is 0 Å². The van der Waals surface area contributed by atoms with Crippen LogP contribution in [0.25, 0.3) is 0 Å². The second-order valence-corrected chi connectivity index (χ2v) is 15.1. The van der Waals surface area contributed by atoms with Crippen LogP contribution in [0.1, 0.15) is 200 Å². The van der Waals surface area contributed by atoms with Gasteiger partial charge in [0, 0.05) is 6.42 Å². The molecule has 0 saturated carbocycles. The standard InChI is InChI=1S/C41H81NO8/c1-3-5-7-9-11-13-15-16-17-18-19-21-23-25-27-29-31-37(45)42-34(33-49-41-40(48)39(47)38(46)36(32-43)50-41)35(44)30-28-26-24-22-20-14-12-10-8-6-4-2/h34-36,38-41,43-44,46-48H,3-33H2,1-2H3,(H,42,45)/t34-,35+,36-,38-,39?,40?,41-/m0/s1. The molecule has 9 nitrogen and oxygen atoms in total.